The van der Waals surface area contributed by atoms with Gasteiger partial charge in [0.2, 0.25) is 5.12 Å². The van der Waals surface area contributed by atoms with E-state index in [4.69, 9.17) is 0 Å². The average molecular weight is 143 g/mol. The van der Waals surface area contributed by atoms with E-state index in [1.807, 2.05) is 6.92 Å². The summed E-state index contributed by atoms with van der Waals surface area (Å²) in [5, 5.41) is -0.222. The Balaban J connectivity index is 4.27. The Bertz CT molecular complexity index is 131. The fourth-order valence-corrected chi connectivity index (χ4v) is 0.600. The van der Waals surface area contributed by atoms with Gasteiger partial charge in [-0.3, -0.25) is 4.79 Å². The normalized spacial score (nSPS) is 16.2. The van der Waals surface area contributed by atoms with Crippen LogP contribution >= 0.6 is 12.6 Å². The molecule has 0 fully saturated rings. The molecule has 0 amide bonds. The smallest absolute Gasteiger partial charge is 0.228 e. The van der Waals surface area contributed by atoms with Crippen LogP contribution in [0.3, 0.4) is 0 Å². The predicted molar refractivity (Wildman–Crippen MR) is 41.2 cm³/mol. The van der Waals surface area contributed by atoms with Gasteiger partial charge in [-0.2, -0.15) is 0 Å². The fourth-order valence-electron chi connectivity index (χ4n) is 0.372. The molecule has 1 atom stereocenters. The lowest BCUT2D eigenvalue weighted by atomic mass is 9.90. The molecule has 0 aliphatic carbocycles. The second kappa shape index (κ2) is 2.97. The summed E-state index contributed by atoms with van der Waals surface area (Å²) in [4.78, 5) is 10.7. The third kappa shape index (κ3) is 1.79. The van der Waals surface area contributed by atoms with E-state index in [0.29, 0.717) is 0 Å². The van der Waals surface area contributed by atoms with Gasteiger partial charge in [0.25, 0.3) is 0 Å². The van der Waals surface area contributed by atoms with Crippen molar-refractivity contribution in [3.8, 4) is 0 Å². The molecule has 0 heterocycles. The summed E-state index contributed by atoms with van der Waals surface area (Å²) >= 11 is 4.50. The Morgan fingerprint density at radius 3 is 2.33 bits per heavy atom. The molecular formula is C7H11OS. The van der Waals surface area contributed by atoms with Crippen LogP contribution in [0.2, 0.25) is 0 Å². The van der Waals surface area contributed by atoms with Crippen LogP contribution in [-0.4, -0.2) is 5.12 Å². The Labute approximate surface area is 61.6 Å². The van der Waals surface area contributed by atoms with Gasteiger partial charge in [-0.15, -0.1) is 6.58 Å². The highest BCUT2D eigenvalue weighted by Gasteiger charge is 2.24. The Hall–Kier alpha value is -0.370. The van der Waals surface area contributed by atoms with Gasteiger partial charge in [-0.1, -0.05) is 13.0 Å². The quantitative estimate of drug-likeness (QED) is 0.554. The third-order valence-corrected chi connectivity index (χ3v) is 2.12. The molecule has 0 bridgehead atoms. The van der Waals surface area contributed by atoms with Crippen molar-refractivity contribution in [3.05, 3.63) is 12.7 Å². The van der Waals surface area contributed by atoms with E-state index in [0.717, 1.165) is 6.42 Å². The monoisotopic (exact) mass is 143 g/mol. The summed E-state index contributed by atoms with van der Waals surface area (Å²) in [5.74, 6) is 0. The van der Waals surface area contributed by atoms with Gasteiger partial charge in [0.1, 0.15) is 0 Å². The number of allylic oxidation sites excluding steroid dienone is 1. The van der Waals surface area contributed by atoms with Crippen molar-refractivity contribution < 1.29 is 4.79 Å². The summed E-state index contributed by atoms with van der Waals surface area (Å²) in [6.45, 7) is 7.26. The molecular weight excluding hydrogens is 132 g/mol. The number of carbonyl (C=O) groups is 1. The summed E-state index contributed by atoms with van der Waals surface area (Å²) < 4.78 is 0. The van der Waals surface area contributed by atoms with Crippen LogP contribution in [0.4, 0.5) is 0 Å². The van der Waals surface area contributed by atoms with Crippen molar-refractivity contribution in [1.29, 1.82) is 0 Å². The first-order chi connectivity index (χ1) is 4.06. The van der Waals surface area contributed by atoms with Crippen LogP contribution in [0.15, 0.2) is 12.7 Å². The standard InChI is InChI=1S/C7H11OS/c1-4-7(3,5-2)6(8)9/h4H,1,5H2,2-3H3. The second-order valence-corrected chi connectivity index (χ2v) is 2.63. The second-order valence-electron chi connectivity index (χ2n) is 2.26. The Kier molecular flexibility index (Phi) is 2.85. The zero-order valence-electron chi connectivity index (χ0n) is 5.81. The molecule has 0 saturated carbocycles. The average Bonchev–Trinajstić information content (AvgIpc) is 1.86. The Morgan fingerprint density at radius 1 is 1.89 bits per heavy atom. The highest BCUT2D eigenvalue weighted by atomic mass is 32.1. The first-order valence-corrected chi connectivity index (χ1v) is 3.32. The maximum absolute atomic E-state index is 10.7. The van der Waals surface area contributed by atoms with Crippen molar-refractivity contribution in [1.82, 2.24) is 0 Å². The molecule has 1 radical (unpaired) electrons. The molecule has 0 aromatic rings. The van der Waals surface area contributed by atoms with Gasteiger partial charge in [-0.25, -0.2) is 0 Å². The van der Waals surface area contributed by atoms with Crippen molar-refractivity contribution >= 4 is 17.7 Å². The zero-order valence-corrected chi connectivity index (χ0v) is 6.62. The first-order valence-electron chi connectivity index (χ1n) is 2.92. The summed E-state index contributed by atoms with van der Waals surface area (Å²) in [6, 6.07) is 0. The highest BCUT2D eigenvalue weighted by molar-refractivity contribution is 7.96. The van der Waals surface area contributed by atoms with Crippen molar-refractivity contribution in [2.24, 2.45) is 5.41 Å². The molecule has 0 aromatic carbocycles. The van der Waals surface area contributed by atoms with Crippen LogP contribution in [0.25, 0.3) is 0 Å². The lowest BCUT2D eigenvalue weighted by Crippen LogP contribution is -2.19. The Morgan fingerprint density at radius 2 is 2.33 bits per heavy atom. The summed E-state index contributed by atoms with van der Waals surface area (Å²) in [5.41, 5.74) is -0.477. The maximum atomic E-state index is 10.7. The predicted octanol–water partition coefficient (Wildman–Crippen LogP) is 2.31. The molecule has 9 heavy (non-hydrogen) atoms. The van der Waals surface area contributed by atoms with Gasteiger partial charge >= 0.3 is 0 Å². The first kappa shape index (κ1) is 8.63. The van der Waals surface area contributed by atoms with Gasteiger partial charge in [0, 0.05) is 0 Å². The van der Waals surface area contributed by atoms with E-state index >= 15 is 0 Å². The molecule has 0 rings (SSSR count). The highest BCUT2D eigenvalue weighted by Crippen LogP contribution is 2.24. The molecule has 0 N–H and O–H groups in total. The van der Waals surface area contributed by atoms with Crippen LogP contribution in [-0.2, 0) is 4.79 Å². The summed E-state index contributed by atoms with van der Waals surface area (Å²) in [6.07, 6.45) is 2.35. The van der Waals surface area contributed by atoms with Crippen molar-refractivity contribution in [2.75, 3.05) is 0 Å². The zero-order chi connectivity index (χ0) is 7.49. The van der Waals surface area contributed by atoms with Crippen molar-refractivity contribution in [3.63, 3.8) is 0 Å². The van der Waals surface area contributed by atoms with Crippen LogP contribution in [0.1, 0.15) is 20.3 Å². The molecule has 0 aliphatic heterocycles. The lowest BCUT2D eigenvalue weighted by molar-refractivity contribution is -0.116. The van der Waals surface area contributed by atoms with Gasteiger partial charge < -0.3 is 0 Å². The molecule has 2 heteroatoms. The molecule has 51 valence electrons. The molecule has 0 aromatic heterocycles. The fraction of sp³-hybridized carbons (Fsp3) is 0.571. The minimum Gasteiger partial charge on any atom is -0.281 e. The van der Waals surface area contributed by atoms with E-state index in [9.17, 15) is 4.79 Å². The molecule has 0 spiro atoms. The number of hydrogen-bond donors (Lipinski definition) is 0. The molecule has 1 nitrogen and oxygen atoms in total. The minimum atomic E-state index is -0.477. The summed E-state index contributed by atoms with van der Waals surface area (Å²) in [7, 11) is 0. The molecule has 0 aliphatic rings. The minimum absolute atomic E-state index is 0.222. The molecule has 1 unspecified atom stereocenters. The van der Waals surface area contributed by atoms with Gasteiger partial charge in [0.05, 0.1) is 5.41 Å². The van der Waals surface area contributed by atoms with Crippen LogP contribution in [0.5, 0.6) is 0 Å². The molecule has 0 saturated heterocycles. The van der Waals surface area contributed by atoms with Crippen molar-refractivity contribution in [2.45, 2.75) is 20.3 Å². The van der Waals surface area contributed by atoms with E-state index in [1.165, 1.54) is 0 Å². The van der Waals surface area contributed by atoms with E-state index < -0.39 is 5.41 Å². The van der Waals surface area contributed by atoms with E-state index in [-0.39, 0.29) is 5.12 Å². The lowest BCUT2D eigenvalue weighted by Gasteiger charge is -2.16. The largest absolute Gasteiger partial charge is 0.281 e. The van der Waals surface area contributed by atoms with Gasteiger partial charge in [0.15, 0.2) is 0 Å². The third-order valence-electron chi connectivity index (χ3n) is 1.65. The topological polar surface area (TPSA) is 17.1 Å². The SMILES string of the molecule is C=CC(C)(CC)C(=O)[S]. The maximum Gasteiger partial charge on any atom is 0.228 e. The van der Waals surface area contributed by atoms with Crippen LogP contribution in [0, 0.1) is 5.41 Å². The number of hydrogen-bond acceptors (Lipinski definition) is 1. The number of carbonyl (C=O) groups excluding carboxylic acids is 1. The van der Waals surface area contributed by atoms with E-state index in [1.54, 1.807) is 13.0 Å². The van der Waals surface area contributed by atoms with E-state index in [2.05, 4.69) is 19.2 Å². The van der Waals surface area contributed by atoms with Crippen LogP contribution < -0.4 is 0 Å². The van der Waals surface area contributed by atoms with Gasteiger partial charge in [-0.05, 0) is 26.0 Å². The number of rotatable bonds is 3.